The van der Waals surface area contributed by atoms with Crippen molar-refractivity contribution in [3.05, 3.63) is 23.8 Å². The molecule has 6 nitrogen and oxygen atoms in total. The summed E-state index contributed by atoms with van der Waals surface area (Å²) in [5.41, 5.74) is 0.736. The van der Waals surface area contributed by atoms with Crippen molar-refractivity contribution in [2.24, 2.45) is 29.1 Å². The van der Waals surface area contributed by atoms with E-state index in [4.69, 9.17) is 4.74 Å². The second kappa shape index (κ2) is 12.1. The van der Waals surface area contributed by atoms with Crippen molar-refractivity contribution in [1.29, 1.82) is 0 Å². The molecule has 0 aromatic heterocycles. The Kier molecular flexibility index (Phi) is 9.61. The maximum absolute atomic E-state index is 12.9. The van der Waals surface area contributed by atoms with Crippen molar-refractivity contribution < 1.29 is 24.5 Å². The van der Waals surface area contributed by atoms with Crippen LogP contribution < -0.4 is 0 Å². The zero-order valence-corrected chi connectivity index (χ0v) is 22.4. The Labute approximate surface area is 211 Å². The van der Waals surface area contributed by atoms with Crippen LogP contribution in [-0.2, 0) is 14.3 Å². The van der Waals surface area contributed by atoms with Crippen LogP contribution in [0.15, 0.2) is 23.8 Å². The summed E-state index contributed by atoms with van der Waals surface area (Å²) >= 11 is 0. The first-order valence-corrected chi connectivity index (χ1v) is 13.8. The molecule has 0 aromatic carbocycles. The zero-order valence-electron chi connectivity index (χ0n) is 22.4. The van der Waals surface area contributed by atoms with E-state index in [-0.39, 0.29) is 42.7 Å². The number of aliphatic hydroxyl groups is 2. The Hall–Kier alpha value is -1.66. The summed E-state index contributed by atoms with van der Waals surface area (Å²) in [5, 5.41) is 21.1. The van der Waals surface area contributed by atoms with Gasteiger partial charge in [0.05, 0.1) is 24.0 Å². The summed E-state index contributed by atoms with van der Waals surface area (Å²) in [4.78, 5) is 27.1. The Morgan fingerprint density at radius 1 is 1.17 bits per heavy atom. The molecule has 6 heteroatoms. The van der Waals surface area contributed by atoms with Gasteiger partial charge in [-0.2, -0.15) is 0 Å². The molecule has 0 aromatic rings. The minimum Gasteiger partial charge on any atom is -0.461 e. The average molecular weight is 490 g/mol. The molecule has 35 heavy (non-hydrogen) atoms. The molecule has 3 rings (SSSR count). The van der Waals surface area contributed by atoms with E-state index in [0.29, 0.717) is 18.3 Å². The quantitative estimate of drug-likeness (QED) is 0.437. The van der Waals surface area contributed by atoms with Gasteiger partial charge in [-0.05, 0) is 82.1 Å². The van der Waals surface area contributed by atoms with Crippen LogP contribution in [0.2, 0.25) is 0 Å². The summed E-state index contributed by atoms with van der Waals surface area (Å²) in [6.07, 6.45) is 10.3. The minimum atomic E-state index is -0.822. The van der Waals surface area contributed by atoms with Crippen molar-refractivity contribution in [3.63, 3.8) is 0 Å². The van der Waals surface area contributed by atoms with Gasteiger partial charge in [0.25, 0.3) is 0 Å². The third-order valence-electron chi connectivity index (χ3n) is 8.54. The molecule has 1 saturated heterocycles. The van der Waals surface area contributed by atoms with Crippen LogP contribution >= 0.6 is 0 Å². The number of ether oxygens (including phenoxy) is 1. The van der Waals surface area contributed by atoms with Crippen LogP contribution in [0, 0.1) is 29.1 Å². The van der Waals surface area contributed by atoms with E-state index >= 15 is 0 Å². The predicted octanol–water partition coefficient (Wildman–Crippen LogP) is 4.64. The van der Waals surface area contributed by atoms with Gasteiger partial charge >= 0.3 is 5.97 Å². The standard InChI is InChI=1S/C29H47NO5/c1-6-29(4,5)28(34)35-25-16-19(2)15-21-10-9-20(3)24(27(21)25)12-11-22(31)17-23(32)18-26(33)30-13-7-8-14-30/h9-10,15,19-20,22-25,27,31-32H,6-8,11-14,16-18H2,1-5H3/t19-,20-,22+,23+,24-,25-,27-/m0/s1. The topological polar surface area (TPSA) is 87.1 Å². The van der Waals surface area contributed by atoms with E-state index in [1.54, 1.807) is 0 Å². The van der Waals surface area contributed by atoms with Crippen LogP contribution in [0.5, 0.6) is 0 Å². The van der Waals surface area contributed by atoms with E-state index in [1.165, 1.54) is 5.57 Å². The number of likely N-dealkylation sites (tertiary alicyclic amines) is 1. The van der Waals surface area contributed by atoms with E-state index < -0.39 is 17.6 Å². The minimum absolute atomic E-state index is 0.0148. The lowest BCUT2D eigenvalue weighted by molar-refractivity contribution is -0.164. The molecule has 1 fully saturated rings. The number of fused-ring (bicyclic) bond motifs is 1. The van der Waals surface area contributed by atoms with E-state index in [1.807, 2.05) is 25.7 Å². The highest BCUT2D eigenvalue weighted by atomic mass is 16.5. The molecule has 2 aliphatic carbocycles. The Morgan fingerprint density at radius 3 is 2.51 bits per heavy atom. The van der Waals surface area contributed by atoms with Gasteiger partial charge in [-0.15, -0.1) is 0 Å². The lowest BCUT2D eigenvalue weighted by Gasteiger charge is -2.44. The fourth-order valence-electron chi connectivity index (χ4n) is 5.86. The average Bonchev–Trinajstić information content (AvgIpc) is 3.33. The molecule has 1 heterocycles. The molecule has 198 valence electrons. The molecule has 0 bridgehead atoms. The van der Waals surface area contributed by atoms with Crippen LogP contribution in [-0.4, -0.2) is 58.4 Å². The second-order valence-electron chi connectivity index (χ2n) is 11.9. The predicted molar refractivity (Wildman–Crippen MR) is 137 cm³/mol. The molecule has 0 radical (unpaired) electrons. The number of allylic oxidation sites excluding steroid dienone is 3. The van der Waals surface area contributed by atoms with Gasteiger partial charge in [0.2, 0.25) is 5.91 Å². The molecular weight excluding hydrogens is 442 g/mol. The van der Waals surface area contributed by atoms with Gasteiger partial charge < -0.3 is 19.8 Å². The maximum Gasteiger partial charge on any atom is 0.311 e. The lowest BCUT2D eigenvalue weighted by Crippen LogP contribution is -2.43. The number of aliphatic hydroxyl groups excluding tert-OH is 2. The largest absolute Gasteiger partial charge is 0.461 e. The molecule has 0 saturated carbocycles. The van der Waals surface area contributed by atoms with Gasteiger partial charge in [0.1, 0.15) is 6.10 Å². The van der Waals surface area contributed by atoms with Gasteiger partial charge in [0.15, 0.2) is 0 Å². The first-order chi connectivity index (χ1) is 16.5. The molecule has 2 N–H and O–H groups in total. The number of hydrogen-bond donors (Lipinski definition) is 2. The Balaban J connectivity index is 1.61. The molecule has 7 atom stereocenters. The first-order valence-electron chi connectivity index (χ1n) is 13.8. The number of rotatable bonds is 10. The summed E-state index contributed by atoms with van der Waals surface area (Å²) in [6, 6.07) is 0. The smallest absolute Gasteiger partial charge is 0.311 e. The molecule has 0 unspecified atom stereocenters. The lowest BCUT2D eigenvalue weighted by atomic mass is 9.65. The number of hydrogen-bond acceptors (Lipinski definition) is 5. The maximum atomic E-state index is 12.9. The molecular formula is C29H47NO5. The van der Waals surface area contributed by atoms with Crippen LogP contribution in [0.25, 0.3) is 0 Å². The summed E-state index contributed by atoms with van der Waals surface area (Å²) < 4.78 is 6.17. The normalized spacial score (nSPS) is 30.4. The second-order valence-corrected chi connectivity index (χ2v) is 11.9. The van der Waals surface area contributed by atoms with Gasteiger partial charge in [-0.1, -0.05) is 39.0 Å². The highest BCUT2D eigenvalue weighted by Crippen LogP contribution is 2.45. The fourth-order valence-corrected chi connectivity index (χ4v) is 5.86. The Morgan fingerprint density at radius 2 is 1.86 bits per heavy atom. The third kappa shape index (κ3) is 7.19. The number of esters is 1. The SMILES string of the molecule is CCC(C)(C)C(=O)O[C@H]1C[C@@H](C)C=C2C=C[C@H](C)[C@H](CC[C@@H](O)C[C@@H](O)CC(=O)N3CCCC3)[C@H]21. The molecule has 0 spiro atoms. The highest BCUT2D eigenvalue weighted by Gasteiger charge is 2.42. The van der Waals surface area contributed by atoms with Crippen molar-refractivity contribution >= 4 is 11.9 Å². The summed E-state index contributed by atoms with van der Waals surface area (Å²) in [7, 11) is 0. The van der Waals surface area contributed by atoms with E-state index in [9.17, 15) is 19.8 Å². The van der Waals surface area contributed by atoms with Gasteiger partial charge in [-0.25, -0.2) is 0 Å². The van der Waals surface area contributed by atoms with Crippen molar-refractivity contribution in [2.75, 3.05) is 13.1 Å². The molecule has 1 aliphatic heterocycles. The first kappa shape index (κ1) is 27.9. The molecule has 3 aliphatic rings. The third-order valence-corrected chi connectivity index (χ3v) is 8.54. The van der Waals surface area contributed by atoms with Crippen molar-refractivity contribution in [3.8, 4) is 0 Å². The number of carbonyl (C=O) groups excluding carboxylic acids is 2. The van der Waals surface area contributed by atoms with Crippen molar-refractivity contribution in [1.82, 2.24) is 4.90 Å². The van der Waals surface area contributed by atoms with Crippen LogP contribution in [0.4, 0.5) is 0 Å². The van der Waals surface area contributed by atoms with Crippen LogP contribution in [0.3, 0.4) is 0 Å². The molecule has 1 amide bonds. The Bertz CT molecular complexity index is 797. The van der Waals surface area contributed by atoms with E-state index in [0.717, 1.165) is 45.2 Å². The van der Waals surface area contributed by atoms with Crippen LogP contribution in [0.1, 0.15) is 86.0 Å². The monoisotopic (exact) mass is 489 g/mol. The fraction of sp³-hybridized carbons (Fsp3) is 0.793. The zero-order chi connectivity index (χ0) is 25.8. The summed E-state index contributed by atoms with van der Waals surface area (Å²) in [5.74, 6) is 0.872. The highest BCUT2D eigenvalue weighted by molar-refractivity contribution is 5.77. The van der Waals surface area contributed by atoms with Gasteiger partial charge in [-0.3, -0.25) is 9.59 Å². The number of carbonyl (C=O) groups is 2. The van der Waals surface area contributed by atoms with Gasteiger partial charge in [0, 0.05) is 19.0 Å². The summed E-state index contributed by atoms with van der Waals surface area (Å²) in [6.45, 7) is 11.8. The van der Waals surface area contributed by atoms with E-state index in [2.05, 4.69) is 32.1 Å². The number of amides is 1. The number of nitrogens with zero attached hydrogens (tertiary/aromatic N) is 1. The van der Waals surface area contributed by atoms with Crippen molar-refractivity contribution in [2.45, 2.75) is 104 Å².